The van der Waals surface area contributed by atoms with E-state index in [1.165, 1.54) is 66.7 Å². The molecule has 0 aliphatic rings. The lowest BCUT2D eigenvalue weighted by atomic mass is 10.3. The summed E-state index contributed by atoms with van der Waals surface area (Å²) in [6.07, 6.45) is 0. The van der Waals surface area contributed by atoms with Crippen LogP contribution in [0.25, 0.3) is 0 Å². The Kier molecular flexibility index (Phi) is 6.87. The SMILES string of the molecule is CCOc1ccc(N(S(=O)(=O)c2ccccc2)S(=O)(=O)c2ccccc2)cc1OCC. The summed E-state index contributed by atoms with van der Waals surface area (Å²) in [4.78, 5) is -0.303. The molecule has 0 spiro atoms. The van der Waals surface area contributed by atoms with Crippen molar-refractivity contribution in [2.75, 3.05) is 16.9 Å². The number of ether oxygens (including phenoxy) is 2. The van der Waals surface area contributed by atoms with Gasteiger partial charge >= 0.3 is 0 Å². The summed E-state index contributed by atoms with van der Waals surface area (Å²) in [7, 11) is -8.94. The quantitative estimate of drug-likeness (QED) is 0.477. The Morgan fingerprint density at radius 1 is 0.645 bits per heavy atom. The molecule has 0 unspecified atom stereocenters. The van der Waals surface area contributed by atoms with Gasteiger partial charge in [0.2, 0.25) is 0 Å². The summed E-state index contributed by atoms with van der Waals surface area (Å²) >= 11 is 0. The highest BCUT2D eigenvalue weighted by Crippen LogP contribution is 2.37. The molecule has 0 atom stereocenters. The monoisotopic (exact) mass is 461 g/mol. The van der Waals surface area contributed by atoms with Gasteiger partial charge in [-0.1, -0.05) is 36.4 Å². The molecular formula is C22H23NO6S2. The number of anilines is 1. The molecule has 0 radical (unpaired) electrons. The van der Waals surface area contributed by atoms with Gasteiger partial charge in [-0.3, -0.25) is 0 Å². The van der Waals surface area contributed by atoms with Crippen LogP contribution >= 0.6 is 0 Å². The van der Waals surface area contributed by atoms with Crippen molar-refractivity contribution in [3.8, 4) is 11.5 Å². The van der Waals surface area contributed by atoms with Crippen molar-refractivity contribution in [2.24, 2.45) is 0 Å². The Balaban J connectivity index is 2.26. The van der Waals surface area contributed by atoms with Crippen LogP contribution in [-0.4, -0.2) is 30.0 Å². The average molecular weight is 462 g/mol. The van der Waals surface area contributed by atoms with E-state index in [2.05, 4.69) is 0 Å². The van der Waals surface area contributed by atoms with Gasteiger partial charge in [-0.05, 0) is 50.2 Å². The van der Waals surface area contributed by atoms with Crippen molar-refractivity contribution in [2.45, 2.75) is 23.6 Å². The minimum atomic E-state index is -4.47. The fraction of sp³-hybridized carbons (Fsp3) is 0.182. The van der Waals surface area contributed by atoms with E-state index >= 15 is 0 Å². The lowest BCUT2D eigenvalue weighted by Crippen LogP contribution is -2.37. The van der Waals surface area contributed by atoms with Crippen molar-refractivity contribution in [1.29, 1.82) is 0 Å². The summed E-state index contributed by atoms with van der Waals surface area (Å²) in [6.45, 7) is 4.23. The summed E-state index contributed by atoms with van der Waals surface area (Å²) < 4.78 is 65.6. The molecule has 0 aliphatic heterocycles. The first kappa shape index (κ1) is 22.6. The number of rotatable bonds is 9. The molecule has 0 saturated carbocycles. The fourth-order valence-electron chi connectivity index (χ4n) is 2.94. The number of sulfonamides is 2. The van der Waals surface area contributed by atoms with Crippen molar-refractivity contribution in [3.05, 3.63) is 78.9 Å². The maximum absolute atomic E-state index is 13.5. The van der Waals surface area contributed by atoms with Gasteiger partial charge in [0.1, 0.15) is 0 Å². The van der Waals surface area contributed by atoms with Crippen LogP contribution in [0.3, 0.4) is 0 Å². The summed E-state index contributed by atoms with van der Waals surface area (Å²) in [5.41, 5.74) is -0.0837. The van der Waals surface area contributed by atoms with Crippen molar-refractivity contribution < 1.29 is 26.3 Å². The maximum Gasteiger partial charge on any atom is 0.277 e. The van der Waals surface area contributed by atoms with E-state index in [-0.39, 0.29) is 21.2 Å². The highest BCUT2D eigenvalue weighted by atomic mass is 32.3. The van der Waals surface area contributed by atoms with E-state index < -0.39 is 20.0 Å². The molecule has 3 rings (SSSR count). The average Bonchev–Trinajstić information content (AvgIpc) is 2.77. The van der Waals surface area contributed by atoms with Crippen molar-refractivity contribution >= 4 is 25.7 Å². The molecule has 0 fully saturated rings. The minimum absolute atomic E-state index is 0.0837. The summed E-state index contributed by atoms with van der Waals surface area (Å²) in [5, 5.41) is 0. The van der Waals surface area contributed by atoms with Crippen LogP contribution in [0.1, 0.15) is 13.8 Å². The molecule has 3 aromatic carbocycles. The predicted octanol–water partition coefficient (Wildman–Crippen LogP) is 4.07. The van der Waals surface area contributed by atoms with Crippen molar-refractivity contribution in [1.82, 2.24) is 0 Å². The molecule has 0 saturated heterocycles. The largest absolute Gasteiger partial charge is 0.490 e. The number of benzene rings is 3. The molecule has 31 heavy (non-hydrogen) atoms. The molecule has 0 amide bonds. The molecule has 3 aromatic rings. The van der Waals surface area contributed by atoms with E-state index in [0.717, 1.165) is 0 Å². The first-order valence-corrected chi connectivity index (χ1v) is 12.5. The van der Waals surface area contributed by atoms with Gasteiger partial charge in [0.15, 0.2) is 11.5 Å². The second-order valence-corrected chi connectivity index (χ2v) is 10.1. The first-order valence-electron chi connectivity index (χ1n) is 9.62. The van der Waals surface area contributed by atoms with Crippen LogP contribution in [-0.2, 0) is 20.0 Å². The van der Waals surface area contributed by atoms with E-state index in [1.807, 2.05) is 0 Å². The Hall–Kier alpha value is -3.04. The Labute approximate surface area is 183 Å². The fourth-order valence-corrected chi connectivity index (χ4v) is 6.65. The zero-order valence-corrected chi connectivity index (χ0v) is 18.8. The van der Waals surface area contributed by atoms with Gasteiger partial charge in [0, 0.05) is 6.07 Å². The van der Waals surface area contributed by atoms with E-state index in [1.54, 1.807) is 26.0 Å². The smallest absolute Gasteiger partial charge is 0.277 e. The number of hydrogen-bond acceptors (Lipinski definition) is 6. The van der Waals surface area contributed by atoms with E-state index in [9.17, 15) is 16.8 Å². The zero-order valence-electron chi connectivity index (χ0n) is 17.1. The standard InChI is InChI=1S/C22H23NO6S2/c1-3-28-21-16-15-18(17-22(21)29-4-2)23(30(24,25)19-11-7-5-8-12-19)31(26,27)20-13-9-6-10-14-20/h5-17H,3-4H2,1-2H3. The van der Waals surface area contributed by atoms with Gasteiger partial charge in [0.25, 0.3) is 20.0 Å². The van der Waals surface area contributed by atoms with Gasteiger partial charge in [-0.25, -0.2) is 16.8 Å². The molecular weight excluding hydrogens is 438 g/mol. The third-order valence-corrected chi connectivity index (χ3v) is 8.46. The predicted molar refractivity (Wildman–Crippen MR) is 119 cm³/mol. The second-order valence-electron chi connectivity index (χ2n) is 6.33. The number of nitrogens with zero attached hydrogens (tertiary/aromatic N) is 1. The normalized spacial score (nSPS) is 11.7. The highest BCUT2D eigenvalue weighted by molar-refractivity contribution is 8.10. The van der Waals surface area contributed by atoms with Gasteiger partial charge < -0.3 is 9.47 Å². The van der Waals surface area contributed by atoms with E-state index in [4.69, 9.17) is 9.47 Å². The molecule has 9 heteroatoms. The first-order chi connectivity index (χ1) is 14.8. The van der Waals surface area contributed by atoms with Crippen LogP contribution < -0.4 is 13.2 Å². The van der Waals surface area contributed by atoms with Crippen molar-refractivity contribution in [3.63, 3.8) is 0 Å². The molecule has 0 aromatic heterocycles. The van der Waals surface area contributed by atoms with Gasteiger partial charge in [-0.2, -0.15) is 3.71 Å². The second kappa shape index (κ2) is 9.40. The third kappa shape index (κ3) is 4.67. The molecule has 0 aliphatic carbocycles. The molecule has 7 nitrogen and oxygen atoms in total. The molecule has 0 N–H and O–H groups in total. The third-order valence-electron chi connectivity index (χ3n) is 4.26. The van der Waals surface area contributed by atoms with Crippen LogP contribution in [0.4, 0.5) is 5.69 Å². The Morgan fingerprint density at radius 2 is 1.10 bits per heavy atom. The van der Waals surface area contributed by atoms with Crippen LogP contribution in [0.15, 0.2) is 88.7 Å². The van der Waals surface area contributed by atoms with Gasteiger partial charge in [0.05, 0.1) is 28.7 Å². The summed E-state index contributed by atoms with van der Waals surface area (Å²) in [6, 6.07) is 19.1. The molecule has 0 bridgehead atoms. The number of hydrogen-bond donors (Lipinski definition) is 0. The lowest BCUT2D eigenvalue weighted by molar-refractivity contribution is 0.288. The molecule has 164 valence electrons. The Morgan fingerprint density at radius 3 is 1.55 bits per heavy atom. The molecule has 0 heterocycles. The van der Waals surface area contributed by atoms with Crippen LogP contribution in [0.2, 0.25) is 0 Å². The topological polar surface area (TPSA) is 90.0 Å². The van der Waals surface area contributed by atoms with Crippen LogP contribution in [0.5, 0.6) is 11.5 Å². The zero-order chi connectivity index (χ0) is 22.5. The van der Waals surface area contributed by atoms with Gasteiger partial charge in [-0.15, -0.1) is 0 Å². The maximum atomic E-state index is 13.5. The van der Waals surface area contributed by atoms with Crippen LogP contribution in [0, 0.1) is 0 Å². The minimum Gasteiger partial charge on any atom is -0.490 e. The van der Waals surface area contributed by atoms with E-state index in [0.29, 0.717) is 22.7 Å². The summed E-state index contributed by atoms with van der Waals surface area (Å²) in [5.74, 6) is 0.639. The Bertz CT molecular complexity index is 1160. The lowest BCUT2D eigenvalue weighted by Gasteiger charge is -2.25. The highest BCUT2D eigenvalue weighted by Gasteiger charge is 2.37.